The predicted octanol–water partition coefficient (Wildman–Crippen LogP) is 0.680. The molecule has 0 spiro atoms. The second kappa shape index (κ2) is 6.28. The van der Waals surface area contributed by atoms with E-state index in [4.69, 9.17) is 0 Å². The minimum absolute atomic E-state index is 0. The summed E-state index contributed by atoms with van der Waals surface area (Å²) in [5, 5.41) is 9.20. The molecule has 1 aromatic carbocycles. The van der Waals surface area contributed by atoms with Crippen molar-refractivity contribution in [2.24, 2.45) is 0 Å². The molecule has 4 nitrogen and oxygen atoms in total. The molecular formula is C12H16N2NaO2. The molecule has 5 heteroatoms. The number of benzene rings is 1. The van der Waals surface area contributed by atoms with Crippen LogP contribution in [0.3, 0.4) is 0 Å². The van der Waals surface area contributed by atoms with Gasteiger partial charge in [0.1, 0.15) is 5.75 Å². The Bertz CT molecular complexity index is 373. The van der Waals surface area contributed by atoms with Crippen LogP contribution in [0.5, 0.6) is 5.75 Å². The molecule has 0 saturated carbocycles. The third-order valence-electron chi connectivity index (χ3n) is 2.94. The summed E-state index contributed by atoms with van der Waals surface area (Å²) in [7, 11) is 0. The smallest absolute Gasteiger partial charge is 0.219 e. The zero-order valence-electron chi connectivity index (χ0n) is 10.4. The van der Waals surface area contributed by atoms with Crippen LogP contribution in [0.4, 0.5) is 5.69 Å². The standard InChI is InChI=1S/C12H16N2O2.Na/c1-10(15)13-6-8-14(9-7-13)11-2-4-12(16)5-3-11;/h2-5,16H,6-9H2,1H3;. The first-order valence-corrected chi connectivity index (χ1v) is 5.46. The van der Waals surface area contributed by atoms with Gasteiger partial charge in [0.05, 0.1) is 0 Å². The number of aromatic hydroxyl groups is 1. The normalized spacial score (nSPS) is 15.4. The van der Waals surface area contributed by atoms with Crippen molar-refractivity contribution in [2.45, 2.75) is 6.92 Å². The Hall–Kier alpha value is -0.710. The molecule has 17 heavy (non-hydrogen) atoms. The maximum absolute atomic E-state index is 11.2. The molecule has 0 unspecified atom stereocenters. The van der Waals surface area contributed by atoms with Crippen LogP contribution in [0.15, 0.2) is 24.3 Å². The number of piperazine rings is 1. The Labute approximate surface area is 124 Å². The maximum Gasteiger partial charge on any atom is 0.219 e. The molecule has 1 amide bonds. The van der Waals surface area contributed by atoms with E-state index < -0.39 is 0 Å². The predicted molar refractivity (Wildman–Crippen MR) is 68.3 cm³/mol. The fraction of sp³-hybridized carbons (Fsp3) is 0.417. The summed E-state index contributed by atoms with van der Waals surface area (Å²) in [5.74, 6) is 0.427. The van der Waals surface area contributed by atoms with Crippen molar-refractivity contribution in [1.82, 2.24) is 4.90 Å². The average molecular weight is 243 g/mol. The molecule has 0 aliphatic carbocycles. The van der Waals surface area contributed by atoms with Crippen molar-refractivity contribution in [1.29, 1.82) is 0 Å². The fourth-order valence-electron chi connectivity index (χ4n) is 1.94. The van der Waals surface area contributed by atoms with Gasteiger partial charge in [0.2, 0.25) is 5.91 Å². The molecular weight excluding hydrogens is 227 g/mol. The van der Waals surface area contributed by atoms with E-state index >= 15 is 0 Å². The maximum atomic E-state index is 11.2. The number of phenolic OH excluding ortho intramolecular Hbond substituents is 1. The van der Waals surface area contributed by atoms with Gasteiger partial charge in [0.15, 0.2) is 0 Å². The van der Waals surface area contributed by atoms with Crippen molar-refractivity contribution in [2.75, 3.05) is 31.1 Å². The van der Waals surface area contributed by atoms with Gasteiger partial charge in [-0.15, -0.1) is 0 Å². The monoisotopic (exact) mass is 243 g/mol. The molecule has 2 rings (SSSR count). The van der Waals surface area contributed by atoms with E-state index in [1.807, 2.05) is 17.0 Å². The Morgan fingerprint density at radius 3 is 2.12 bits per heavy atom. The number of rotatable bonds is 1. The van der Waals surface area contributed by atoms with E-state index in [0.717, 1.165) is 31.9 Å². The van der Waals surface area contributed by atoms with Gasteiger partial charge in [-0.25, -0.2) is 0 Å². The first-order valence-electron chi connectivity index (χ1n) is 5.46. The summed E-state index contributed by atoms with van der Waals surface area (Å²) in [6, 6.07) is 7.18. The summed E-state index contributed by atoms with van der Waals surface area (Å²) < 4.78 is 0. The number of nitrogens with zero attached hydrogens (tertiary/aromatic N) is 2. The van der Waals surface area contributed by atoms with E-state index in [-0.39, 0.29) is 41.2 Å². The zero-order chi connectivity index (χ0) is 11.5. The van der Waals surface area contributed by atoms with E-state index in [1.165, 1.54) is 0 Å². The van der Waals surface area contributed by atoms with Crippen LogP contribution in [-0.2, 0) is 4.79 Å². The topological polar surface area (TPSA) is 43.8 Å². The Kier molecular flexibility index (Phi) is 5.31. The second-order valence-corrected chi connectivity index (χ2v) is 4.01. The van der Waals surface area contributed by atoms with Crippen molar-refractivity contribution >= 4 is 41.2 Å². The van der Waals surface area contributed by atoms with E-state index in [9.17, 15) is 9.90 Å². The molecule has 87 valence electrons. The largest absolute Gasteiger partial charge is 0.508 e. The van der Waals surface area contributed by atoms with Gasteiger partial charge >= 0.3 is 0 Å². The summed E-state index contributed by atoms with van der Waals surface area (Å²) in [4.78, 5) is 15.2. The summed E-state index contributed by atoms with van der Waals surface area (Å²) in [5.41, 5.74) is 1.10. The summed E-state index contributed by atoms with van der Waals surface area (Å²) >= 11 is 0. The molecule has 0 bridgehead atoms. The van der Waals surface area contributed by atoms with Gasteiger partial charge in [0.25, 0.3) is 0 Å². The van der Waals surface area contributed by atoms with Crippen molar-refractivity contribution in [3.8, 4) is 5.75 Å². The number of hydrogen-bond donors (Lipinski definition) is 1. The number of anilines is 1. The quantitative estimate of drug-likeness (QED) is 0.738. The third-order valence-corrected chi connectivity index (χ3v) is 2.94. The van der Waals surface area contributed by atoms with Gasteiger partial charge in [-0.1, -0.05) is 0 Å². The van der Waals surface area contributed by atoms with Gasteiger partial charge in [-0.3, -0.25) is 4.79 Å². The molecule has 1 saturated heterocycles. The van der Waals surface area contributed by atoms with Crippen LogP contribution in [0.1, 0.15) is 6.92 Å². The minimum atomic E-state index is 0. The van der Waals surface area contributed by atoms with Crippen molar-refractivity contribution in [3.05, 3.63) is 24.3 Å². The zero-order valence-corrected chi connectivity index (χ0v) is 12.4. The summed E-state index contributed by atoms with van der Waals surface area (Å²) in [6.07, 6.45) is 0. The molecule has 1 radical (unpaired) electrons. The first-order chi connectivity index (χ1) is 7.66. The number of carbonyl (C=O) groups excluding carboxylic acids is 1. The SMILES string of the molecule is CC(=O)N1CCN(c2ccc(O)cc2)CC1.[Na]. The van der Waals surface area contributed by atoms with Crippen LogP contribution in [0.2, 0.25) is 0 Å². The molecule has 1 aromatic rings. The Balaban J connectivity index is 0.00000144. The average Bonchev–Trinajstić information content (AvgIpc) is 2.30. The van der Waals surface area contributed by atoms with Crippen LogP contribution >= 0.6 is 0 Å². The minimum Gasteiger partial charge on any atom is -0.508 e. The van der Waals surface area contributed by atoms with Crippen LogP contribution in [0.25, 0.3) is 0 Å². The molecule has 1 N–H and O–H groups in total. The van der Waals surface area contributed by atoms with Gasteiger partial charge < -0.3 is 14.9 Å². The van der Waals surface area contributed by atoms with Crippen LogP contribution < -0.4 is 4.90 Å². The van der Waals surface area contributed by atoms with Gasteiger partial charge in [-0.05, 0) is 24.3 Å². The number of carbonyl (C=O) groups is 1. The van der Waals surface area contributed by atoms with Crippen LogP contribution in [-0.4, -0.2) is 71.6 Å². The summed E-state index contributed by atoms with van der Waals surface area (Å²) in [6.45, 7) is 4.86. The molecule has 1 heterocycles. The molecule has 0 atom stereocenters. The fourth-order valence-corrected chi connectivity index (χ4v) is 1.94. The first kappa shape index (κ1) is 14.4. The van der Waals surface area contributed by atoms with Crippen molar-refractivity contribution in [3.63, 3.8) is 0 Å². The van der Waals surface area contributed by atoms with E-state index in [1.54, 1.807) is 19.1 Å². The Morgan fingerprint density at radius 2 is 1.65 bits per heavy atom. The second-order valence-electron chi connectivity index (χ2n) is 4.01. The molecule has 1 aliphatic rings. The molecule has 0 aromatic heterocycles. The molecule has 1 fully saturated rings. The Morgan fingerprint density at radius 1 is 1.12 bits per heavy atom. The van der Waals surface area contributed by atoms with E-state index in [2.05, 4.69) is 4.90 Å². The van der Waals surface area contributed by atoms with Crippen LogP contribution in [0, 0.1) is 0 Å². The number of amides is 1. The number of hydrogen-bond acceptors (Lipinski definition) is 3. The van der Waals surface area contributed by atoms with Gasteiger partial charge in [0, 0.05) is 68.3 Å². The van der Waals surface area contributed by atoms with Gasteiger partial charge in [-0.2, -0.15) is 0 Å². The molecule has 1 aliphatic heterocycles. The third kappa shape index (κ3) is 3.63. The van der Waals surface area contributed by atoms with E-state index in [0.29, 0.717) is 0 Å². The van der Waals surface area contributed by atoms with Crippen molar-refractivity contribution < 1.29 is 9.90 Å². The number of phenols is 1.